The Morgan fingerprint density at radius 1 is 1.15 bits per heavy atom. The third kappa shape index (κ3) is 4.92. The Hall–Kier alpha value is -2.66. The first-order valence-corrected chi connectivity index (χ1v) is 8.94. The molecule has 1 aliphatic heterocycles. The molecule has 0 aliphatic carbocycles. The van der Waals surface area contributed by atoms with Gasteiger partial charge in [0.2, 0.25) is 5.91 Å². The van der Waals surface area contributed by atoms with E-state index in [1.54, 1.807) is 24.3 Å². The third-order valence-electron chi connectivity index (χ3n) is 4.45. The number of carbonyl (C=O) groups is 2. The summed E-state index contributed by atoms with van der Waals surface area (Å²) in [6, 6.07) is 17.4. The van der Waals surface area contributed by atoms with E-state index in [0.717, 1.165) is 12.8 Å². The molecule has 136 valence electrons. The predicted octanol–water partition coefficient (Wildman–Crippen LogP) is 3.12. The number of anilines is 1. The van der Waals surface area contributed by atoms with Crippen LogP contribution in [0.4, 0.5) is 5.69 Å². The number of carbonyl (C=O) groups excluding carboxylic acids is 2. The van der Waals surface area contributed by atoms with Gasteiger partial charge in [0.25, 0.3) is 5.91 Å². The molecule has 0 radical (unpaired) electrons. The number of amides is 2. The van der Waals surface area contributed by atoms with E-state index >= 15 is 0 Å². The Morgan fingerprint density at radius 2 is 1.96 bits per heavy atom. The molecule has 1 saturated heterocycles. The zero-order valence-electron chi connectivity index (χ0n) is 15.0. The Labute approximate surface area is 154 Å². The van der Waals surface area contributed by atoms with Crippen LogP contribution in [0.1, 0.15) is 29.3 Å². The molecule has 0 bridgehead atoms. The lowest BCUT2D eigenvalue weighted by Crippen LogP contribution is -2.45. The predicted molar refractivity (Wildman–Crippen MR) is 101 cm³/mol. The highest BCUT2D eigenvalue weighted by Crippen LogP contribution is 2.17. The quantitative estimate of drug-likeness (QED) is 0.899. The molecule has 1 N–H and O–H groups in total. The molecule has 2 aromatic rings. The van der Waals surface area contributed by atoms with Gasteiger partial charge in [0.15, 0.2) is 0 Å². The van der Waals surface area contributed by atoms with Crippen LogP contribution >= 0.6 is 0 Å². The second kappa shape index (κ2) is 8.63. The molecule has 0 aromatic heterocycles. The average Bonchev–Trinajstić information content (AvgIpc) is 2.66. The summed E-state index contributed by atoms with van der Waals surface area (Å²) >= 11 is 0. The molecule has 1 unspecified atom stereocenters. The molecule has 1 atom stereocenters. The molecule has 1 fully saturated rings. The highest BCUT2D eigenvalue weighted by molar-refractivity contribution is 5.96. The number of nitrogens with zero attached hydrogens (tertiary/aromatic N) is 1. The highest BCUT2D eigenvalue weighted by Gasteiger charge is 2.25. The largest absolute Gasteiger partial charge is 0.375 e. The molecule has 0 saturated carbocycles. The highest BCUT2D eigenvalue weighted by atomic mass is 16.5. The van der Waals surface area contributed by atoms with Gasteiger partial charge in [0.05, 0.1) is 12.7 Å². The standard InChI is InChI=1S/C21H24N2O3/c1-16(24)22-19-9-5-8-18(14-19)21(25)23-12-13-26-20(15-23)11-10-17-6-3-2-4-7-17/h2-9,14,20H,10-13,15H2,1H3,(H,22,24). The molecule has 1 heterocycles. The van der Waals surface area contributed by atoms with Crippen LogP contribution < -0.4 is 5.32 Å². The van der Waals surface area contributed by atoms with Crippen LogP contribution in [0.3, 0.4) is 0 Å². The number of aryl methyl sites for hydroxylation is 1. The summed E-state index contributed by atoms with van der Waals surface area (Å²) in [6.07, 6.45) is 1.87. The lowest BCUT2D eigenvalue weighted by Gasteiger charge is -2.33. The zero-order valence-corrected chi connectivity index (χ0v) is 15.0. The first-order chi connectivity index (χ1) is 12.6. The number of benzene rings is 2. The van der Waals surface area contributed by atoms with Gasteiger partial charge < -0.3 is 15.0 Å². The summed E-state index contributed by atoms with van der Waals surface area (Å²) in [5, 5.41) is 2.72. The third-order valence-corrected chi connectivity index (χ3v) is 4.45. The molecule has 3 rings (SSSR count). The maximum atomic E-state index is 12.8. The number of ether oxygens (including phenoxy) is 1. The monoisotopic (exact) mass is 352 g/mol. The number of morpholine rings is 1. The Kier molecular flexibility index (Phi) is 6.02. The van der Waals surface area contributed by atoms with Gasteiger partial charge >= 0.3 is 0 Å². The normalized spacial score (nSPS) is 17.0. The van der Waals surface area contributed by atoms with Gasteiger partial charge in [-0.3, -0.25) is 9.59 Å². The number of nitrogens with one attached hydrogen (secondary N) is 1. The van der Waals surface area contributed by atoms with Gasteiger partial charge in [-0.05, 0) is 36.6 Å². The second-order valence-corrected chi connectivity index (χ2v) is 6.53. The summed E-state index contributed by atoms with van der Waals surface area (Å²) in [5.41, 5.74) is 2.50. The van der Waals surface area contributed by atoms with Gasteiger partial charge in [0, 0.05) is 31.3 Å². The Balaban J connectivity index is 1.60. The minimum absolute atomic E-state index is 0.0230. The van der Waals surface area contributed by atoms with Crippen molar-refractivity contribution in [2.24, 2.45) is 0 Å². The van der Waals surface area contributed by atoms with Crippen molar-refractivity contribution >= 4 is 17.5 Å². The first-order valence-electron chi connectivity index (χ1n) is 8.94. The van der Waals surface area contributed by atoms with Crippen molar-refractivity contribution in [3.05, 3.63) is 65.7 Å². The van der Waals surface area contributed by atoms with Crippen LogP contribution in [0.5, 0.6) is 0 Å². The Bertz CT molecular complexity index is 761. The van der Waals surface area contributed by atoms with E-state index in [4.69, 9.17) is 4.74 Å². The van der Waals surface area contributed by atoms with E-state index in [-0.39, 0.29) is 17.9 Å². The maximum Gasteiger partial charge on any atom is 0.254 e. The van der Waals surface area contributed by atoms with Crippen molar-refractivity contribution < 1.29 is 14.3 Å². The van der Waals surface area contributed by atoms with Crippen molar-refractivity contribution in [2.75, 3.05) is 25.0 Å². The van der Waals surface area contributed by atoms with Gasteiger partial charge in [-0.2, -0.15) is 0 Å². The van der Waals surface area contributed by atoms with E-state index in [2.05, 4.69) is 17.4 Å². The van der Waals surface area contributed by atoms with Crippen LogP contribution in [0, 0.1) is 0 Å². The van der Waals surface area contributed by atoms with E-state index in [0.29, 0.717) is 30.9 Å². The summed E-state index contributed by atoms with van der Waals surface area (Å²) in [7, 11) is 0. The summed E-state index contributed by atoms with van der Waals surface area (Å²) in [5.74, 6) is -0.174. The lowest BCUT2D eigenvalue weighted by atomic mass is 10.1. The van der Waals surface area contributed by atoms with Crippen LogP contribution in [0.15, 0.2) is 54.6 Å². The van der Waals surface area contributed by atoms with Crippen molar-refractivity contribution in [3.8, 4) is 0 Å². The maximum absolute atomic E-state index is 12.8. The zero-order chi connectivity index (χ0) is 18.4. The van der Waals surface area contributed by atoms with Crippen LogP contribution in [-0.4, -0.2) is 42.5 Å². The second-order valence-electron chi connectivity index (χ2n) is 6.53. The van der Waals surface area contributed by atoms with Crippen molar-refractivity contribution in [1.82, 2.24) is 4.90 Å². The summed E-state index contributed by atoms with van der Waals surface area (Å²) < 4.78 is 5.84. The number of rotatable bonds is 5. The van der Waals surface area contributed by atoms with E-state index in [1.807, 2.05) is 23.1 Å². The minimum atomic E-state index is -0.151. The fourth-order valence-electron chi connectivity index (χ4n) is 3.17. The summed E-state index contributed by atoms with van der Waals surface area (Å²) in [4.78, 5) is 25.9. The van der Waals surface area contributed by atoms with E-state index < -0.39 is 0 Å². The average molecular weight is 352 g/mol. The van der Waals surface area contributed by atoms with Gasteiger partial charge in [0.1, 0.15) is 0 Å². The van der Waals surface area contributed by atoms with Crippen LogP contribution in [0.25, 0.3) is 0 Å². The van der Waals surface area contributed by atoms with Gasteiger partial charge in [-0.1, -0.05) is 36.4 Å². The molecule has 5 heteroatoms. The van der Waals surface area contributed by atoms with Gasteiger partial charge in [-0.25, -0.2) is 0 Å². The fourth-order valence-corrected chi connectivity index (χ4v) is 3.17. The SMILES string of the molecule is CC(=O)Nc1cccc(C(=O)N2CCOC(CCc3ccccc3)C2)c1. The number of hydrogen-bond acceptors (Lipinski definition) is 3. The van der Waals surface area contributed by atoms with E-state index in [1.165, 1.54) is 12.5 Å². The molecular weight excluding hydrogens is 328 g/mol. The van der Waals surface area contributed by atoms with E-state index in [9.17, 15) is 9.59 Å². The van der Waals surface area contributed by atoms with Crippen LogP contribution in [-0.2, 0) is 16.0 Å². The van der Waals surface area contributed by atoms with Crippen molar-refractivity contribution in [2.45, 2.75) is 25.9 Å². The lowest BCUT2D eigenvalue weighted by molar-refractivity contribution is -0.114. The van der Waals surface area contributed by atoms with Crippen LogP contribution in [0.2, 0.25) is 0 Å². The Morgan fingerprint density at radius 3 is 2.73 bits per heavy atom. The molecule has 0 spiro atoms. The first kappa shape index (κ1) is 18.1. The van der Waals surface area contributed by atoms with Gasteiger partial charge in [-0.15, -0.1) is 0 Å². The molecule has 5 nitrogen and oxygen atoms in total. The van der Waals surface area contributed by atoms with Crippen molar-refractivity contribution in [1.29, 1.82) is 0 Å². The molecule has 26 heavy (non-hydrogen) atoms. The summed E-state index contributed by atoms with van der Waals surface area (Å²) in [6.45, 7) is 3.19. The molecule has 1 aliphatic rings. The molecule has 2 aromatic carbocycles. The smallest absolute Gasteiger partial charge is 0.254 e. The minimum Gasteiger partial charge on any atom is -0.375 e. The molecule has 2 amide bonds. The number of hydrogen-bond donors (Lipinski definition) is 1. The topological polar surface area (TPSA) is 58.6 Å². The van der Waals surface area contributed by atoms with Crippen molar-refractivity contribution in [3.63, 3.8) is 0 Å². The fraction of sp³-hybridized carbons (Fsp3) is 0.333. The molecular formula is C21H24N2O3.